The fraction of sp³-hybridized carbons (Fsp3) is 0.300. The molecule has 0 aliphatic rings. The Morgan fingerprint density at radius 2 is 2.07 bits per heavy atom. The first-order chi connectivity index (χ1) is 7.09. The average molecular weight is 211 g/mol. The highest BCUT2D eigenvalue weighted by Crippen LogP contribution is 2.21. The monoisotopic (exact) mass is 211 g/mol. The van der Waals surface area contributed by atoms with E-state index in [2.05, 4.69) is 5.32 Å². The molecule has 0 saturated heterocycles. The van der Waals surface area contributed by atoms with Crippen LogP contribution in [-0.4, -0.2) is 34.4 Å². The molecule has 0 heterocycles. The predicted molar refractivity (Wildman–Crippen MR) is 54.0 cm³/mol. The number of hydrogen-bond donors (Lipinski definition) is 4. The smallest absolute Gasteiger partial charge is 0.317 e. The number of phenols is 2. The van der Waals surface area contributed by atoms with Crippen molar-refractivity contribution in [3.05, 3.63) is 23.8 Å². The van der Waals surface area contributed by atoms with E-state index in [1.807, 2.05) is 0 Å². The lowest BCUT2D eigenvalue weighted by Crippen LogP contribution is -2.24. The minimum absolute atomic E-state index is 0.0843. The SMILES string of the molecule is O=C(O)CNCCc1cc(O)ccc1O. The molecule has 0 amide bonds. The number of hydrogen-bond acceptors (Lipinski definition) is 4. The maximum absolute atomic E-state index is 10.2. The second kappa shape index (κ2) is 5.21. The Kier molecular flexibility index (Phi) is 3.93. The number of benzene rings is 1. The van der Waals surface area contributed by atoms with E-state index in [0.717, 1.165) is 0 Å². The van der Waals surface area contributed by atoms with E-state index in [-0.39, 0.29) is 18.0 Å². The van der Waals surface area contributed by atoms with Crippen LogP contribution in [0.15, 0.2) is 18.2 Å². The summed E-state index contributed by atoms with van der Waals surface area (Å²) in [7, 11) is 0. The predicted octanol–water partition coefficient (Wildman–Crippen LogP) is 0.314. The standard InChI is InChI=1S/C10H13NO4/c12-8-1-2-9(13)7(5-8)3-4-11-6-10(14)15/h1-2,5,11-13H,3-4,6H2,(H,14,15). The molecule has 1 rings (SSSR count). The molecule has 82 valence electrons. The Hall–Kier alpha value is -1.75. The average Bonchev–Trinajstić information content (AvgIpc) is 2.17. The molecule has 0 spiro atoms. The molecule has 0 fully saturated rings. The number of aromatic hydroxyl groups is 2. The van der Waals surface area contributed by atoms with Gasteiger partial charge in [-0.3, -0.25) is 4.79 Å². The number of aliphatic carboxylic acids is 1. The second-order valence-electron chi connectivity index (χ2n) is 3.13. The highest BCUT2D eigenvalue weighted by molar-refractivity contribution is 5.68. The van der Waals surface area contributed by atoms with Crippen LogP contribution in [0.25, 0.3) is 0 Å². The quantitative estimate of drug-likeness (QED) is 0.416. The largest absolute Gasteiger partial charge is 0.508 e. The Labute approximate surface area is 87.0 Å². The van der Waals surface area contributed by atoms with Crippen LogP contribution in [-0.2, 0) is 11.2 Å². The van der Waals surface area contributed by atoms with E-state index in [4.69, 9.17) is 10.2 Å². The van der Waals surface area contributed by atoms with Gasteiger partial charge in [-0.1, -0.05) is 0 Å². The number of nitrogens with one attached hydrogen (secondary N) is 1. The zero-order valence-electron chi connectivity index (χ0n) is 8.10. The van der Waals surface area contributed by atoms with E-state index in [9.17, 15) is 9.90 Å². The zero-order valence-corrected chi connectivity index (χ0v) is 8.10. The maximum Gasteiger partial charge on any atom is 0.317 e. The molecular formula is C10H13NO4. The highest BCUT2D eigenvalue weighted by atomic mass is 16.4. The van der Waals surface area contributed by atoms with E-state index < -0.39 is 5.97 Å². The van der Waals surface area contributed by atoms with Gasteiger partial charge >= 0.3 is 5.97 Å². The number of carboxylic acids is 1. The van der Waals surface area contributed by atoms with E-state index >= 15 is 0 Å². The van der Waals surface area contributed by atoms with Crippen molar-refractivity contribution in [2.45, 2.75) is 6.42 Å². The van der Waals surface area contributed by atoms with Gasteiger partial charge in [-0.25, -0.2) is 0 Å². The first-order valence-corrected chi connectivity index (χ1v) is 4.53. The van der Waals surface area contributed by atoms with Crippen molar-refractivity contribution < 1.29 is 20.1 Å². The summed E-state index contributed by atoms with van der Waals surface area (Å²) in [5, 5.41) is 29.6. The third kappa shape index (κ3) is 3.86. The molecule has 0 unspecified atom stereocenters. The molecule has 1 aromatic carbocycles. The summed E-state index contributed by atoms with van der Waals surface area (Å²) in [6.45, 7) is 0.322. The van der Waals surface area contributed by atoms with Gasteiger partial charge in [0.05, 0.1) is 6.54 Å². The molecule has 4 N–H and O–H groups in total. The molecule has 15 heavy (non-hydrogen) atoms. The number of carboxylic acid groups (broad SMARTS) is 1. The van der Waals surface area contributed by atoms with Crippen molar-refractivity contribution in [3.63, 3.8) is 0 Å². The third-order valence-corrected chi connectivity index (χ3v) is 1.91. The molecule has 0 aromatic heterocycles. The fourth-order valence-corrected chi connectivity index (χ4v) is 1.19. The first kappa shape index (κ1) is 11.3. The molecule has 5 nitrogen and oxygen atoms in total. The fourth-order valence-electron chi connectivity index (χ4n) is 1.19. The van der Waals surface area contributed by atoms with Gasteiger partial charge in [-0.15, -0.1) is 0 Å². The molecule has 0 aliphatic heterocycles. The van der Waals surface area contributed by atoms with Gasteiger partial charge in [-0.05, 0) is 36.7 Å². The van der Waals surface area contributed by atoms with Crippen molar-refractivity contribution in [2.75, 3.05) is 13.1 Å². The maximum atomic E-state index is 10.2. The van der Waals surface area contributed by atoms with E-state index in [1.54, 1.807) is 0 Å². The van der Waals surface area contributed by atoms with Crippen LogP contribution in [0.5, 0.6) is 11.5 Å². The van der Waals surface area contributed by atoms with Crippen molar-refractivity contribution >= 4 is 5.97 Å². The topological polar surface area (TPSA) is 89.8 Å². The zero-order chi connectivity index (χ0) is 11.3. The summed E-state index contributed by atoms with van der Waals surface area (Å²) in [4.78, 5) is 10.2. The highest BCUT2D eigenvalue weighted by Gasteiger charge is 2.02. The van der Waals surface area contributed by atoms with Gasteiger partial charge in [0.1, 0.15) is 11.5 Å². The second-order valence-corrected chi connectivity index (χ2v) is 3.13. The Morgan fingerprint density at radius 3 is 2.73 bits per heavy atom. The molecule has 0 atom stereocenters. The van der Waals surface area contributed by atoms with E-state index in [1.165, 1.54) is 18.2 Å². The van der Waals surface area contributed by atoms with Crippen LogP contribution >= 0.6 is 0 Å². The van der Waals surface area contributed by atoms with Crippen molar-refractivity contribution in [2.24, 2.45) is 0 Å². The van der Waals surface area contributed by atoms with Crippen LogP contribution in [0.3, 0.4) is 0 Å². The van der Waals surface area contributed by atoms with Crippen LogP contribution in [0.1, 0.15) is 5.56 Å². The van der Waals surface area contributed by atoms with Gasteiger partial charge in [0.25, 0.3) is 0 Å². The molecule has 0 aliphatic carbocycles. The molecule has 0 bridgehead atoms. The lowest BCUT2D eigenvalue weighted by atomic mass is 10.1. The summed E-state index contributed by atoms with van der Waals surface area (Å²) < 4.78 is 0. The van der Waals surface area contributed by atoms with Crippen molar-refractivity contribution in [3.8, 4) is 11.5 Å². The van der Waals surface area contributed by atoms with Gasteiger partial charge in [0.2, 0.25) is 0 Å². The third-order valence-electron chi connectivity index (χ3n) is 1.91. The summed E-state index contributed by atoms with van der Waals surface area (Å²) in [6.07, 6.45) is 0.466. The number of phenolic OH excluding ortho intramolecular Hbond substituents is 2. The minimum Gasteiger partial charge on any atom is -0.508 e. The van der Waals surface area contributed by atoms with Crippen LogP contribution in [0.2, 0.25) is 0 Å². The van der Waals surface area contributed by atoms with E-state index in [0.29, 0.717) is 18.5 Å². The Balaban J connectivity index is 2.43. The summed E-state index contributed by atoms with van der Waals surface area (Å²) in [5.41, 5.74) is 0.591. The normalized spacial score (nSPS) is 10.1. The van der Waals surface area contributed by atoms with Gasteiger partial charge in [-0.2, -0.15) is 0 Å². The van der Waals surface area contributed by atoms with Gasteiger partial charge in [0.15, 0.2) is 0 Å². The van der Waals surface area contributed by atoms with Crippen molar-refractivity contribution in [1.29, 1.82) is 0 Å². The summed E-state index contributed by atoms with van der Waals surface area (Å²) >= 11 is 0. The number of rotatable bonds is 5. The first-order valence-electron chi connectivity index (χ1n) is 4.53. The Morgan fingerprint density at radius 1 is 1.33 bits per heavy atom. The molecule has 0 radical (unpaired) electrons. The van der Waals surface area contributed by atoms with Gasteiger partial charge in [0, 0.05) is 0 Å². The van der Waals surface area contributed by atoms with Crippen LogP contribution in [0.4, 0.5) is 0 Å². The summed E-state index contributed by atoms with van der Waals surface area (Å²) in [6, 6.07) is 4.25. The molecule has 5 heteroatoms. The number of carbonyl (C=O) groups is 1. The lowest BCUT2D eigenvalue weighted by Gasteiger charge is -2.05. The molecule has 0 saturated carbocycles. The van der Waals surface area contributed by atoms with Crippen LogP contribution < -0.4 is 5.32 Å². The Bertz CT molecular complexity index is 351. The lowest BCUT2D eigenvalue weighted by molar-refractivity contribution is -0.135. The van der Waals surface area contributed by atoms with Crippen LogP contribution in [0, 0.1) is 0 Å². The van der Waals surface area contributed by atoms with Gasteiger partial charge < -0.3 is 20.6 Å². The molecule has 1 aromatic rings. The minimum atomic E-state index is -0.921. The molecular weight excluding hydrogens is 198 g/mol. The van der Waals surface area contributed by atoms with Crippen molar-refractivity contribution in [1.82, 2.24) is 5.32 Å². The summed E-state index contributed by atoms with van der Waals surface area (Å²) in [5.74, 6) is -0.735.